The summed E-state index contributed by atoms with van der Waals surface area (Å²) < 4.78 is 5.87. The van der Waals surface area contributed by atoms with Gasteiger partial charge in [-0.3, -0.25) is 4.79 Å². The fourth-order valence-electron chi connectivity index (χ4n) is 1.92. The van der Waals surface area contributed by atoms with Crippen molar-refractivity contribution in [2.75, 3.05) is 6.61 Å². The van der Waals surface area contributed by atoms with E-state index >= 15 is 0 Å². The van der Waals surface area contributed by atoms with Crippen molar-refractivity contribution in [2.24, 2.45) is 11.1 Å². The summed E-state index contributed by atoms with van der Waals surface area (Å²) in [6.07, 6.45) is 1.07. The SMILES string of the molecule is CCOC(=O)CC(C)(C)CC(N)c1cc(Cl)c(Br)s1. The van der Waals surface area contributed by atoms with Crippen molar-refractivity contribution < 1.29 is 9.53 Å². The Hall–Kier alpha value is -0.100. The van der Waals surface area contributed by atoms with Gasteiger partial charge in [-0.1, -0.05) is 25.4 Å². The van der Waals surface area contributed by atoms with Crippen LogP contribution in [0.3, 0.4) is 0 Å². The zero-order valence-electron chi connectivity index (χ0n) is 11.3. The molecule has 0 radical (unpaired) electrons. The lowest BCUT2D eigenvalue weighted by atomic mass is 9.82. The molecule has 0 aliphatic rings. The minimum absolute atomic E-state index is 0.127. The van der Waals surface area contributed by atoms with Crippen LogP contribution in [0.2, 0.25) is 5.02 Å². The maximum Gasteiger partial charge on any atom is 0.306 e. The lowest BCUT2D eigenvalue weighted by Gasteiger charge is -2.26. The summed E-state index contributed by atoms with van der Waals surface area (Å²) >= 11 is 10.9. The average Bonchev–Trinajstić information content (AvgIpc) is 2.58. The van der Waals surface area contributed by atoms with Crippen LogP contribution in [0, 0.1) is 5.41 Å². The van der Waals surface area contributed by atoms with Crippen LogP contribution in [-0.2, 0) is 9.53 Å². The van der Waals surface area contributed by atoms with Gasteiger partial charge in [-0.25, -0.2) is 0 Å². The third-order valence-corrected chi connectivity index (χ3v) is 5.34. The molecule has 0 saturated heterocycles. The normalized spacial score (nSPS) is 13.4. The predicted molar refractivity (Wildman–Crippen MR) is 83.6 cm³/mol. The Morgan fingerprint density at radius 3 is 2.74 bits per heavy atom. The van der Waals surface area contributed by atoms with Crippen molar-refractivity contribution in [2.45, 2.75) is 39.7 Å². The van der Waals surface area contributed by atoms with Crippen molar-refractivity contribution in [3.05, 3.63) is 19.8 Å². The van der Waals surface area contributed by atoms with Gasteiger partial charge in [0.25, 0.3) is 0 Å². The molecule has 0 aromatic carbocycles. The zero-order chi connectivity index (χ0) is 14.6. The van der Waals surface area contributed by atoms with Gasteiger partial charge in [0, 0.05) is 10.9 Å². The molecular weight excluding hydrogens is 350 g/mol. The van der Waals surface area contributed by atoms with Crippen LogP contribution in [0.1, 0.15) is 44.5 Å². The average molecular weight is 369 g/mol. The Balaban J connectivity index is 2.64. The molecule has 1 aromatic heterocycles. The fraction of sp³-hybridized carbons (Fsp3) is 0.615. The van der Waals surface area contributed by atoms with E-state index in [0.29, 0.717) is 24.5 Å². The monoisotopic (exact) mass is 367 g/mol. The van der Waals surface area contributed by atoms with E-state index in [1.165, 1.54) is 11.3 Å². The van der Waals surface area contributed by atoms with Crippen molar-refractivity contribution >= 4 is 44.8 Å². The van der Waals surface area contributed by atoms with E-state index in [2.05, 4.69) is 15.9 Å². The number of nitrogens with two attached hydrogens (primary N) is 1. The van der Waals surface area contributed by atoms with E-state index in [-0.39, 0.29) is 17.4 Å². The maximum atomic E-state index is 11.5. The second-order valence-corrected chi connectivity index (χ2v) is 8.04. The first-order chi connectivity index (χ1) is 8.75. The van der Waals surface area contributed by atoms with Crippen LogP contribution < -0.4 is 5.73 Å². The summed E-state index contributed by atoms with van der Waals surface area (Å²) in [4.78, 5) is 12.6. The minimum Gasteiger partial charge on any atom is -0.466 e. The smallest absolute Gasteiger partial charge is 0.306 e. The van der Waals surface area contributed by atoms with Crippen molar-refractivity contribution in [3.8, 4) is 0 Å². The van der Waals surface area contributed by atoms with Gasteiger partial charge >= 0.3 is 5.97 Å². The van der Waals surface area contributed by atoms with E-state index in [4.69, 9.17) is 22.1 Å². The Morgan fingerprint density at radius 1 is 1.63 bits per heavy atom. The van der Waals surface area contributed by atoms with Crippen LogP contribution in [0.5, 0.6) is 0 Å². The molecule has 2 N–H and O–H groups in total. The lowest BCUT2D eigenvalue weighted by molar-refractivity contribution is -0.145. The Kier molecular flexibility index (Phi) is 6.30. The number of thiophene rings is 1. The lowest BCUT2D eigenvalue weighted by Crippen LogP contribution is -2.24. The standard InChI is InChI=1S/C13H19BrClNO2S/c1-4-18-11(17)7-13(2,3)6-9(16)10-5-8(15)12(14)19-10/h5,9H,4,6-7,16H2,1-3H3. The van der Waals surface area contributed by atoms with Gasteiger partial charge in [-0.05, 0) is 40.8 Å². The highest BCUT2D eigenvalue weighted by Gasteiger charge is 2.27. The zero-order valence-corrected chi connectivity index (χ0v) is 14.5. The second-order valence-electron chi connectivity index (χ2n) is 5.23. The number of hydrogen-bond donors (Lipinski definition) is 1. The van der Waals surface area contributed by atoms with Crippen molar-refractivity contribution in [3.63, 3.8) is 0 Å². The molecule has 1 atom stereocenters. The number of rotatable bonds is 6. The van der Waals surface area contributed by atoms with Crippen molar-refractivity contribution in [1.29, 1.82) is 0 Å². The first-order valence-electron chi connectivity index (χ1n) is 6.11. The van der Waals surface area contributed by atoms with Gasteiger partial charge in [0.05, 0.1) is 21.8 Å². The number of esters is 1. The topological polar surface area (TPSA) is 52.3 Å². The molecule has 6 heteroatoms. The molecule has 0 aliphatic heterocycles. The quantitative estimate of drug-likeness (QED) is 0.750. The third kappa shape index (κ3) is 5.42. The Morgan fingerprint density at radius 2 is 2.26 bits per heavy atom. The number of carbonyl (C=O) groups excluding carboxylic acids is 1. The molecule has 1 rings (SSSR count). The molecular formula is C13H19BrClNO2S. The molecule has 0 spiro atoms. The predicted octanol–water partition coefficient (Wildman–Crippen LogP) is 4.53. The van der Waals surface area contributed by atoms with E-state index in [1.807, 2.05) is 26.8 Å². The molecule has 1 aromatic rings. The highest BCUT2D eigenvalue weighted by molar-refractivity contribution is 9.11. The Labute approximate surface area is 131 Å². The summed E-state index contributed by atoms with van der Waals surface area (Å²) in [6, 6.07) is 1.75. The van der Waals surface area contributed by atoms with E-state index in [1.54, 1.807) is 0 Å². The van der Waals surface area contributed by atoms with Gasteiger partial charge in [0.2, 0.25) is 0 Å². The summed E-state index contributed by atoms with van der Waals surface area (Å²) in [7, 11) is 0. The molecule has 0 fully saturated rings. The van der Waals surface area contributed by atoms with E-state index in [0.717, 1.165) is 8.66 Å². The van der Waals surface area contributed by atoms with Gasteiger partial charge in [-0.15, -0.1) is 11.3 Å². The van der Waals surface area contributed by atoms with Gasteiger partial charge in [0.1, 0.15) is 0 Å². The highest BCUT2D eigenvalue weighted by Crippen LogP contribution is 2.39. The molecule has 108 valence electrons. The van der Waals surface area contributed by atoms with Gasteiger partial charge in [0.15, 0.2) is 0 Å². The van der Waals surface area contributed by atoms with E-state index < -0.39 is 0 Å². The number of halogens is 2. The minimum atomic E-state index is -0.200. The van der Waals surface area contributed by atoms with Crippen LogP contribution >= 0.6 is 38.9 Å². The molecule has 19 heavy (non-hydrogen) atoms. The highest BCUT2D eigenvalue weighted by atomic mass is 79.9. The van der Waals surface area contributed by atoms with Crippen LogP contribution in [0.4, 0.5) is 0 Å². The number of carbonyl (C=O) groups is 1. The summed E-state index contributed by atoms with van der Waals surface area (Å²) in [6.45, 7) is 6.26. The van der Waals surface area contributed by atoms with Gasteiger partial charge in [-0.2, -0.15) is 0 Å². The number of ether oxygens (including phenoxy) is 1. The Bertz CT molecular complexity index is 428. The van der Waals surface area contributed by atoms with E-state index in [9.17, 15) is 4.79 Å². The van der Waals surface area contributed by atoms with Crippen LogP contribution in [0.25, 0.3) is 0 Å². The number of hydrogen-bond acceptors (Lipinski definition) is 4. The molecule has 3 nitrogen and oxygen atoms in total. The largest absolute Gasteiger partial charge is 0.466 e. The summed E-state index contributed by atoms with van der Waals surface area (Å²) in [5.74, 6) is -0.176. The molecule has 0 saturated carbocycles. The first kappa shape index (κ1) is 17.0. The molecule has 0 amide bonds. The first-order valence-corrected chi connectivity index (χ1v) is 8.10. The summed E-state index contributed by atoms with van der Waals surface area (Å²) in [5.41, 5.74) is 5.99. The molecule has 0 bridgehead atoms. The maximum absolute atomic E-state index is 11.5. The van der Waals surface area contributed by atoms with Crippen molar-refractivity contribution in [1.82, 2.24) is 0 Å². The molecule has 1 unspecified atom stereocenters. The third-order valence-electron chi connectivity index (χ3n) is 2.73. The second kappa shape index (κ2) is 7.07. The van der Waals surface area contributed by atoms with Gasteiger partial charge < -0.3 is 10.5 Å². The van der Waals surface area contributed by atoms with Crippen LogP contribution in [-0.4, -0.2) is 12.6 Å². The molecule has 0 aliphatic carbocycles. The molecule has 1 heterocycles. The van der Waals surface area contributed by atoms with Crippen LogP contribution in [0.15, 0.2) is 9.85 Å². The summed E-state index contributed by atoms with van der Waals surface area (Å²) in [5, 5.41) is 0.679. The fourth-order valence-corrected chi connectivity index (χ4v) is 3.66.